The summed E-state index contributed by atoms with van der Waals surface area (Å²) in [6.07, 6.45) is 4.58. The van der Waals surface area contributed by atoms with E-state index < -0.39 is 0 Å². The molecule has 0 aromatic carbocycles. The molecule has 3 rings (SSSR count). The number of hydrogen-bond acceptors (Lipinski definition) is 3. The van der Waals surface area contributed by atoms with Crippen LogP contribution in [-0.4, -0.2) is 16.6 Å². The van der Waals surface area contributed by atoms with Gasteiger partial charge in [-0.2, -0.15) is 0 Å². The number of hydrogen-bond donors (Lipinski definition) is 1. The summed E-state index contributed by atoms with van der Waals surface area (Å²) in [5.41, 5.74) is 0.925. The zero-order valence-electron chi connectivity index (χ0n) is 9.75. The van der Waals surface area contributed by atoms with E-state index in [0.29, 0.717) is 10.6 Å². The average Bonchev–Trinajstić information content (AvgIpc) is 3.05. The SMILES string of the molecule is CC1(c2nc(=S)c(Br)c(C3CC3)[nH]2)CCCO1. The highest BCUT2D eigenvalue weighted by molar-refractivity contribution is 9.10. The number of aromatic amines is 1. The topological polar surface area (TPSA) is 37.9 Å². The van der Waals surface area contributed by atoms with Gasteiger partial charge in [0.25, 0.3) is 0 Å². The van der Waals surface area contributed by atoms with Gasteiger partial charge in [-0.15, -0.1) is 0 Å². The van der Waals surface area contributed by atoms with E-state index in [0.717, 1.165) is 29.7 Å². The maximum Gasteiger partial charge on any atom is 0.144 e. The first-order valence-corrected chi connectivity index (χ1v) is 7.24. The Kier molecular flexibility index (Phi) is 2.88. The smallest absolute Gasteiger partial charge is 0.144 e. The van der Waals surface area contributed by atoms with Crippen LogP contribution in [0.15, 0.2) is 4.47 Å². The number of rotatable bonds is 2. The van der Waals surface area contributed by atoms with Gasteiger partial charge in [-0.25, -0.2) is 4.98 Å². The molecule has 3 nitrogen and oxygen atoms in total. The van der Waals surface area contributed by atoms with Gasteiger partial charge in [-0.05, 0) is 48.5 Å². The van der Waals surface area contributed by atoms with Crippen molar-refractivity contribution in [2.24, 2.45) is 0 Å². The quantitative estimate of drug-likeness (QED) is 0.844. The summed E-state index contributed by atoms with van der Waals surface area (Å²) in [6, 6.07) is 0. The first-order valence-electron chi connectivity index (χ1n) is 6.04. The minimum Gasteiger partial charge on any atom is -0.367 e. The van der Waals surface area contributed by atoms with E-state index in [1.54, 1.807) is 0 Å². The number of ether oxygens (including phenoxy) is 1. The predicted molar refractivity (Wildman–Crippen MR) is 71.6 cm³/mol. The van der Waals surface area contributed by atoms with Gasteiger partial charge < -0.3 is 9.72 Å². The summed E-state index contributed by atoms with van der Waals surface area (Å²) in [7, 11) is 0. The van der Waals surface area contributed by atoms with Gasteiger partial charge in [-0.3, -0.25) is 0 Å². The lowest BCUT2D eigenvalue weighted by Crippen LogP contribution is -2.24. The highest BCUT2D eigenvalue weighted by Crippen LogP contribution is 2.43. The van der Waals surface area contributed by atoms with E-state index in [1.807, 2.05) is 0 Å². The number of nitrogens with one attached hydrogen (secondary N) is 1. The molecule has 1 aliphatic carbocycles. The molecule has 0 amide bonds. The predicted octanol–water partition coefficient (Wildman–Crippen LogP) is 3.80. The van der Waals surface area contributed by atoms with Crippen LogP contribution in [0, 0.1) is 4.64 Å². The van der Waals surface area contributed by atoms with Crippen molar-refractivity contribution < 1.29 is 4.74 Å². The minimum atomic E-state index is -0.280. The van der Waals surface area contributed by atoms with Crippen LogP contribution >= 0.6 is 28.1 Å². The summed E-state index contributed by atoms with van der Waals surface area (Å²) in [6.45, 7) is 2.91. The Labute approximate surface area is 114 Å². The standard InChI is InChI=1S/C12H15BrN2OS/c1-12(5-2-6-16-12)11-14-9(7-3-4-7)8(13)10(17)15-11/h7H,2-6H2,1H3,(H,14,15,17). The van der Waals surface area contributed by atoms with E-state index in [4.69, 9.17) is 17.0 Å². The van der Waals surface area contributed by atoms with E-state index in [1.165, 1.54) is 18.5 Å². The zero-order valence-corrected chi connectivity index (χ0v) is 12.2. The molecule has 1 aromatic heterocycles. The Bertz CT molecular complexity index is 504. The van der Waals surface area contributed by atoms with Crippen LogP contribution in [-0.2, 0) is 10.3 Å². The molecule has 1 aromatic rings. The van der Waals surface area contributed by atoms with Crippen molar-refractivity contribution in [2.75, 3.05) is 6.61 Å². The number of H-pyrrole nitrogens is 1. The molecule has 1 N–H and O–H groups in total. The lowest BCUT2D eigenvalue weighted by atomic mass is 10.0. The molecular formula is C12H15BrN2OS. The fourth-order valence-electron chi connectivity index (χ4n) is 2.35. The molecule has 1 atom stereocenters. The van der Waals surface area contributed by atoms with Crippen LogP contribution in [0.1, 0.15) is 50.0 Å². The molecule has 92 valence electrons. The molecule has 2 fully saturated rings. The van der Waals surface area contributed by atoms with E-state index >= 15 is 0 Å². The molecule has 0 radical (unpaired) electrons. The van der Waals surface area contributed by atoms with Crippen molar-refractivity contribution in [3.05, 3.63) is 20.6 Å². The van der Waals surface area contributed by atoms with Gasteiger partial charge in [0.15, 0.2) is 0 Å². The van der Waals surface area contributed by atoms with E-state index in [-0.39, 0.29) is 5.60 Å². The maximum absolute atomic E-state index is 5.82. The molecule has 2 aliphatic rings. The summed E-state index contributed by atoms with van der Waals surface area (Å²) in [4.78, 5) is 7.93. The van der Waals surface area contributed by atoms with Crippen molar-refractivity contribution in [2.45, 2.75) is 44.1 Å². The third kappa shape index (κ3) is 2.09. The molecule has 5 heteroatoms. The lowest BCUT2D eigenvalue weighted by Gasteiger charge is -2.23. The molecule has 1 aliphatic heterocycles. The van der Waals surface area contributed by atoms with Crippen molar-refractivity contribution in [3.63, 3.8) is 0 Å². The molecule has 2 heterocycles. The van der Waals surface area contributed by atoms with Crippen LogP contribution in [0.2, 0.25) is 0 Å². The fourth-order valence-corrected chi connectivity index (χ4v) is 3.06. The first-order chi connectivity index (χ1) is 8.10. The summed E-state index contributed by atoms with van der Waals surface area (Å²) < 4.78 is 7.43. The molecule has 1 saturated heterocycles. The number of halogens is 1. The lowest BCUT2D eigenvalue weighted by molar-refractivity contribution is 0.00902. The van der Waals surface area contributed by atoms with Gasteiger partial charge in [0.05, 0.1) is 4.47 Å². The summed E-state index contributed by atoms with van der Waals surface area (Å²) in [5.74, 6) is 1.52. The third-order valence-corrected chi connectivity index (χ3v) is 4.96. The highest BCUT2D eigenvalue weighted by Gasteiger charge is 2.36. The summed E-state index contributed by atoms with van der Waals surface area (Å²) in [5, 5.41) is 0. The Morgan fingerprint density at radius 1 is 1.53 bits per heavy atom. The molecule has 0 bridgehead atoms. The Morgan fingerprint density at radius 2 is 2.29 bits per heavy atom. The van der Waals surface area contributed by atoms with Gasteiger partial charge in [-0.1, -0.05) is 12.2 Å². The van der Waals surface area contributed by atoms with Crippen LogP contribution < -0.4 is 0 Å². The van der Waals surface area contributed by atoms with Crippen molar-refractivity contribution in [3.8, 4) is 0 Å². The molecule has 17 heavy (non-hydrogen) atoms. The molecule has 1 saturated carbocycles. The van der Waals surface area contributed by atoms with Crippen molar-refractivity contribution in [1.82, 2.24) is 9.97 Å². The van der Waals surface area contributed by atoms with Gasteiger partial charge >= 0.3 is 0 Å². The largest absolute Gasteiger partial charge is 0.367 e. The monoisotopic (exact) mass is 314 g/mol. The second-order valence-electron chi connectivity index (χ2n) is 5.08. The Hall–Kier alpha value is -0.260. The normalized spacial score (nSPS) is 28.6. The van der Waals surface area contributed by atoms with Crippen LogP contribution in [0.25, 0.3) is 0 Å². The van der Waals surface area contributed by atoms with Crippen molar-refractivity contribution >= 4 is 28.1 Å². The highest BCUT2D eigenvalue weighted by atomic mass is 79.9. The molecule has 1 unspecified atom stereocenters. The van der Waals surface area contributed by atoms with Crippen LogP contribution in [0.5, 0.6) is 0 Å². The number of aromatic nitrogens is 2. The fraction of sp³-hybridized carbons (Fsp3) is 0.667. The van der Waals surface area contributed by atoms with Crippen LogP contribution in [0.3, 0.4) is 0 Å². The third-order valence-electron chi connectivity index (χ3n) is 3.60. The molecule has 0 spiro atoms. The molecular weight excluding hydrogens is 300 g/mol. The van der Waals surface area contributed by atoms with Gasteiger partial charge in [0.2, 0.25) is 0 Å². The minimum absolute atomic E-state index is 0.280. The first kappa shape index (κ1) is 11.8. The Morgan fingerprint density at radius 3 is 2.88 bits per heavy atom. The maximum atomic E-state index is 5.82. The van der Waals surface area contributed by atoms with Gasteiger partial charge in [0.1, 0.15) is 16.1 Å². The number of nitrogens with zero attached hydrogens (tertiary/aromatic N) is 1. The second kappa shape index (κ2) is 4.14. The van der Waals surface area contributed by atoms with E-state index in [2.05, 4.69) is 32.8 Å². The van der Waals surface area contributed by atoms with Gasteiger partial charge in [0, 0.05) is 18.2 Å². The van der Waals surface area contributed by atoms with Crippen molar-refractivity contribution in [1.29, 1.82) is 0 Å². The second-order valence-corrected chi connectivity index (χ2v) is 6.26. The average molecular weight is 315 g/mol. The Balaban J connectivity index is 2.08. The zero-order chi connectivity index (χ0) is 12.0. The van der Waals surface area contributed by atoms with E-state index in [9.17, 15) is 0 Å². The summed E-state index contributed by atoms with van der Waals surface area (Å²) >= 11 is 8.87. The van der Waals surface area contributed by atoms with Crippen LogP contribution in [0.4, 0.5) is 0 Å².